The zero-order chi connectivity index (χ0) is 15.3. The normalized spacial score (nSPS) is 30.9. The third kappa shape index (κ3) is 4.94. The Kier molecular flexibility index (Phi) is 6.51. The Morgan fingerprint density at radius 3 is 2.52 bits per heavy atom. The van der Waals surface area contributed by atoms with Crippen LogP contribution in [0.2, 0.25) is 0 Å². The molecule has 0 bridgehead atoms. The van der Waals surface area contributed by atoms with E-state index in [4.69, 9.17) is 0 Å². The highest BCUT2D eigenvalue weighted by Gasteiger charge is 2.38. The van der Waals surface area contributed by atoms with Crippen LogP contribution in [0.3, 0.4) is 0 Å². The maximum absolute atomic E-state index is 9.43. The molecular weight excluding hydrogens is 260 g/mol. The van der Waals surface area contributed by atoms with Crippen LogP contribution in [0.5, 0.6) is 0 Å². The van der Waals surface area contributed by atoms with Crippen LogP contribution in [0, 0.1) is 11.3 Å². The maximum atomic E-state index is 9.43. The number of rotatable bonds is 8. The Bertz CT molecular complexity index is 304. The van der Waals surface area contributed by atoms with Gasteiger partial charge in [-0.3, -0.25) is 4.90 Å². The molecule has 2 fully saturated rings. The molecule has 2 saturated carbocycles. The number of hydrogen-bond acceptors (Lipinski definition) is 3. The van der Waals surface area contributed by atoms with Crippen LogP contribution in [-0.2, 0) is 0 Å². The minimum atomic E-state index is 0.305. The van der Waals surface area contributed by atoms with Crippen LogP contribution in [0.4, 0.5) is 0 Å². The van der Waals surface area contributed by atoms with Gasteiger partial charge in [-0.25, -0.2) is 0 Å². The number of hydrogen-bond donors (Lipinski definition) is 2. The fourth-order valence-electron chi connectivity index (χ4n) is 4.25. The summed E-state index contributed by atoms with van der Waals surface area (Å²) in [5.74, 6) is 0.852. The van der Waals surface area contributed by atoms with Crippen molar-refractivity contribution in [1.82, 2.24) is 10.2 Å². The molecule has 0 amide bonds. The number of aliphatic hydroxyl groups is 1. The summed E-state index contributed by atoms with van der Waals surface area (Å²) in [5, 5.41) is 13.1. The first-order valence-electron chi connectivity index (χ1n) is 9.13. The van der Waals surface area contributed by atoms with Crippen molar-refractivity contribution in [3.63, 3.8) is 0 Å². The second kappa shape index (κ2) is 7.94. The van der Waals surface area contributed by atoms with Gasteiger partial charge in [0.15, 0.2) is 0 Å². The molecule has 0 radical (unpaired) electrons. The highest BCUT2D eigenvalue weighted by atomic mass is 16.3. The molecule has 3 heteroatoms. The largest absolute Gasteiger partial charge is 0.395 e. The van der Waals surface area contributed by atoms with E-state index in [0.717, 1.165) is 25.0 Å². The molecule has 0 heterocycles. The van der Waals surface area contributed by atoms with E-state index in [1.807, 2.05) is 0 Å². The van der Waals surface area contributed by atoms with E-state index < -0.39 is 0 Å². The smallest absolute Gasteiger partial charge is 0.0558 e. The van der Waals surface area contributed by atoms with Crippen LogP contribution in [0.15, 0.2) is 0 Å². The fraction of sp³-hybridized carbons (Fsp3) is 1.00. The SMILES string of the molecule is CC1CCCC(CNC(C)C)(CN(CCO)C2CCC2)C1. The number of aliphatic hydroxyl groups excluding tert-OH is 1. The van der Waals surface area contributed by atoms with Crippen molar-refractivity contribution in [2.75, 3.05) is 26.2 Å². The zero-order valence-electron chi connectivity index (χ0n) is 14.4. The predicted octanol–water partition coefficient (Wildman–Crippen LogP) is 3.03. The summed E-state index contributed by atoms with van der Waals surface area (Å²) in [6, 6.07) is 1.31. The topological polar surface area (TPSA) is 35.5 Å². The lowest BCUT2D eigenvalue weighted by Crippen LogP contribution is -2.52. The second-order valence-corrected chi connectivity index (χ2v) is 8.02. The van der Waals surface area contributed by atoms with E-state index >= 15 is 0 Å². The summed E-state index contributed by atoms with van der Waals surface area (Å²) in [7, 11) is 0. The van der Waals surface area contributed by atoms with Crippen molar-refractivity contribution < 1.29 is 5.11 Å². The lowest BCUT2D eigenvalue weighted by atomic mass is 9.69. The Balaban J connectivity index is 2.01. The average Bonchev–Trinajstić information content (AvgIpc) is 2.35. The molecule has 0 aliphatic heterocycles. The maximum Gasteiger partial charge on any atom is 0.0558 e. The van der Waals surface area contributed by atoms with Gasteiger partial charge in [0.1, 0.15) is 0 Å². The van der Waals surface area contributed by atoms with Gasteiger partial charge in [-0.2, -0.15) is 0 Å². The molecule has 0 aromatic heterocycles. The molecule has 21 heavy (non-hydrogen) atoms. The van der Waals surface area contributed by atoms with Crippen molar-refractivity contribution in [2.45, 2.75) is 77.8 Å². The first-order valence-corrected chi connectivity index (χ1v) is 9.13. The zero-order valence-corrected chi connectivity index (χ0v) is 14.4. The molecule has 2 aliphatic rings. The van der Waals surface area contributed by atoms with Crippen LogP contribution in [0.1, 0.15) is 65.7 Å². The third-order valence-corrected chi connectivity index (χ3v) is 5.59. The molecule has 2 aliphatic carbocycles. The van der Waals surface area contributed by atoms with Crippen molar-refractivity contribution in [3.05, 3.63) is 0 Å². The first-order chi connectivity index (χ1) is 10.0. The third-order valence-electron chi connectivity index (χ3n) is 5.59. The van der Waals surface area contributed by atoms with Crippen LogP contribution >= 0.6 is 0 Å². The molecule has 124 valence electrons. The van der Waals surface area contributed by atoms with Crippen LogP contribution in [0.25, 0.3) is 0 Å². The number of nitrogens with one attached hydrogen (secondary N) is 1. The minimum Gasteiger partial charge on any atom is -0.395 e. The molecule has 3 nitrogen and oxygen atoms in total. The highest BCUT2D eigenvalue weighted by molar-refractivity contribution is 4.93. The van der Waals surface area contributed by atoms with Gasteiger partial charge in [0.25, 0.3) is 0 Å². The summed E-state index contributed by atoms with van der Waals surface area (Å²) in [6.45, 7) is 10.4. The minimum absolute atomic E-state index is 0.305. The van der Waals surface area contributed by atoms with E-state index in [2.05, 4.69) is 31.0 Å². The van der Waals surface area contributed by atoms with Crippen molar-refractivity contribution in [2.24, 2.45) is 11.3 Å². The van der Waals surface area contributed by atoms with E-state index in [-0.39, 0.29) is 0 Å². The molecular formula is C18H36N2O. The Morgan fingerprint density at radius 2 is 2.00 bits per heavy atom. The standard InChI is InChI=1S/C18H36N2O/c1-15(2)19-13-18(9-5-6-16(3)12-18)14-20(10-11-21)17-7-4-8-17/h15-17,19,21H,4-14H2,1-3H3. The van der Waals surface area contributed by atoms with Gasteiger partial charge in [0.05, 0.1) is 6.61 Å². The van der Waals surface area contributed by atoms with Gasteiger partial charge in [-0.05, 0) is 37.0 Å². The lowest BCUT2D eigenvalue weighted by molar-refractivity contribution is 0.0238. The summed E-state index contributed by atoms with van der Waals surface area (Å²) in [5.41, 5.74) is 0.423. The van der Waals surface area contributed by atoms with Gasteiger partial charge >= 0.3 is 0 Å². The second-order valence-electron chi connectivity index (χ2n) is 8.02. The van der Waals surface area contributed by atoms with E-state index in [1.165, 1.54) is 51.5 Å². The molecule has 2 unspecified atom stereocenters. The monoisotopic (exact) mass is 296 g/mol. The molecule has 0 aromatic rings. The van der Waals surface area contributed by atoms with Gasteiger partial charge in [-0.1, -0.05) is 40.0 Å². The van der Waals surface area contributed by atoms with Crippen molar-refractivity contribution in [1.29, 1.82) is 0 Å². The van der Waals surface area contributed by atoms with Gasteiger partial charge in [0.2, 0.25) is 0 Å². The van der Waals surface area contributed by atoms with E-state index in [0.29, 0.717) is 18.1 Å². The van der Waals surface area contributed by atoms with E-state index in [1.54, 1.807) is 0 Å². The Hall–Kier alpha value is -0.120. The molecule has 0 saturated heterocycles. The summed E-state index contributed by atoms with van der Waals surface area (Å²) in [6.07, 6.45) is 9.52. The molecule has 0 aromatic carbocycles. The molecule has 2 rings (SSSR count). The number of nitrogens with zero attached hydrogens (tertiary/aromatic N) is 1. The van der Waals surface area contributed by atoms with Crippen LogP contribution < -0.4 is 5.32 Å². The summed E-state index contributed by atoms with van der Waals surface area (Å²) >= 11 is 0. The Labute approximate surface area is 131 Å². The summed E-state index contributed by atoms with van der Waals surface area (Å²) < 4.78 is 0. The molecule has 0 spiro atoms. The quantitative estimate of drug-likeness (QED) is 0.723. The van der Waals surface area contributed by atoms with Gasteiger partial charge in [0, 0.05) is 31.7 Å². The van der Waals surface area contributed by atoms with Crippen molar-refractivity contribution in [3.8, 4) is 0 Å². The average molecular weight is 296 g/mol. The lowest BCUT2D eigenvalue weighted by Gasteiger charge is -2.47. The summed E-state index contributed by atoms with van der Waals surface area (Å²) in [4.78, 5) is 2.60. The van der Waals surface area contributed by atoms with E-state index in [9.17, 15) is 5.11 Å². The first kappa shape index (κ1) is 17.2. The fourth-order valence-corrected chi connectivity index (χ4v) is 4.25. The Morgan fingerprint density at radius 1 is 1.24 bits per heavy atom. The van der Waals surface area contributed by atoms with Crippen LogP contribution in [-0.4, -0.2) is 48.3 Å². The molecule has 2 atom stereocenters. The molecule has 2 N–H and O–H groups in total. The highest BCUT2D eigenvalue weighted by Crippen LogP contribution is 2.41. The predicted molar refractivity (Wildman–Crippen MR) is 89.5 cm³/mol. The van der Waals surface area contributed by atoms with Crippen molar-refractivity contribution >= 4 is 0 Å². The van der Waals surface area contributed by atoms with Gasteiger partial charge < -0.3 is 10.4 Å². The van der Waals surface area contributed by atoms with Gasteiger partial charge in [-0.15, -0.1) is 0 Å².